The third kappa shape index (κ3) is 5.61. The number of rotatable bonds is 7. The zero-order valence-corrected chi connectivity index (χ0v) is 14.2. The summed E-state index contributed by atoms with van der Waals surface area (Å²) in [7, 11) is 0. The quantitative estimate of drug-likeness (QED) is 0.706. The van der Waals surface area contributed by atoms with E-state index in [-0.39, 0.29) is 18.5 Å². The van der Waals surface area contributed by atoms with E-state index in [4.69, 9.17) is 0 Å². The molecular weight excluding hydrogens is 328 g/mol. The van der Waals surface area contributed by atoms with Gasteiger partial charge in [0.05, 0.1) is 11.7 Å². The first-order valence-electron chi connectivity index (χ1n) is 8.66. The van der Waals surface area contributed by atoms with Gasteiger partial charge in [-0.05, 0) is 19.3 Å². The number of hydrogen-bond donors (Lipinski definition) is 3. The van der Waals surface area contributed by atoms with Crippen LogP contribution in [0.15, 0.2) is 24.3 Å². The molecule has 0 aliphatic heterocycles. The van der Waals surface area contributed by atoms with Gasteiger partial charge in [0.25, 0.3) is 5.91 Å². The van der Waals surface area contributed by atoms with Gasteiger partial charge in [-0.15, -0.1) is 0 Å². The van der Waals surface area contributed by atoms with E-state index >= 15 is 0 Å². The zero-order valence-electron chi connectivity index (χ0n) is 14.2. The van der Waals surface area contributed by atoms with Gasteiger partial charge in [0.1, 0.15) is 5.82 Å². The van der Waals surface area contributed by atoms with Crippen LogP contribution in [0.1, 0.15) is 55.8 Å². The average Bonchev–Trinajstić information content (AvgIpc) is 2.61. The van der Waals surface area contributed by atoms with E-state index in [9.17, 15) is 23.8 Å². The minimum atomic E-state index is -1.12. The maximum absolute atomic E-state index is 14.6. The molecule has 1 aliphatic carbocycles. The number of aliphatic hydroxyl groups excluding tert-OH is 1. The van der Waals surface area contributed by atoms with Crippen LogP contribution in [0.4, 0.5) is 8.78 Å². The van der Waals surface area contributed by atoms with Crippen molar-refractivity contribution < 1.29 is 23.8 Å². The second kappa shape index (κ2) is 9.06. The monoisotopic (exact) mass is 353 g/mol. The van der Waals surface area contributed by atoms with Crippen molar-refractivity contribution in [3.8, 4) is 0 Å². The van der Waals surface area contributed by atoms with Crippen molar-refractivity contribution >= 4 is 12.0 Å². The van der Waals surface area contributed by atoms with Crippen molar-refractivity contribution in [2.75, 3.05) is 13.2 Å². The van der Waals surface area contributed by atoms with Crippen molar-refractivity contribution in [2.24, 2.45) is 0 Å². The molecule has 1 amide bonds. The summed E-state index contributed by atoms with van der Waals surface area (Å²) in [6, 6.07) is 4.69. The van der Waals surface area contributed by atoms with Crippen LogP contribution in [0.3, 0.4) is 0 Å². The van der Waals surface area contributed by atoms with E-state index in [0.29, 0.717) is 18.4 Å². The number of aliphatic hydroxyl groups is 2. The first kappa shape index (κ1) is 19.5. The van der Waals surface area contributed by atoms with Crippen LogP contribution in [-0.4, -0.2) is 34.9 Å². The summed E-state index contributed by atoms with van der Waals surface area (Å²) in [6.45, 7) is -1.06. The Bertz CT molecular complexity index is 613. The van der Waals surface area contributed by atoms with Crippen LogP contribution in [0.2, 0.25) is 0 Å². The lowest BCUT2D eigenvalue weighted by atomic mass is 9.84. The fourth-order valence-electron chi connectivity index (χ4n) is 3.08. The Labute approximate surface area is 146 Å². The summed E-state index contributed by atoms with van der Waals surface area (Å²) >= 11 is 0. The highest BCUT2D eigenvalue weighted by Gasteiger charge is 2.26. The largest absolute Gasteiger partial charge is 0.388 e. The molecule has 0 bridgehead atoms. The number of carbonyl (C=O) groups is 1. The second-order valence-corrected chi connectivity index (χ2v) is 6.54. The van der Waals surface area contributed by atoms with Gasteiger partial charge in [-0.2, -0.15) is 0 Å². The highest BCUT2D eigenvalue weighted by Crippen LogP contribution is 2.30. The molecule has 1 atom stereocenters. The number of hydrogen-bond acceptors (Lipinski definition) is 3. The van der Waals surface area contributed by atoms with Gasteiger partial charge in [-0.1, -0.05) is 49.6 Å². The number of amides is 1. The van der Waals surface area contributed by atoms with Crippen LogP contribution in [0.5, 0.6) is 0 Å². The predicted molar refractivity (Wildman–Crippen MR) is 92.0 cm³/mol. The van der Waals surface area contributed by atoms with Gasteiger partial charge in [-0.25, -0.2) is 8.78 Å². The average molecular weight is 353 g/mol. The van der Waals surface area contributed by atoms with Crippen LogP contribution < -0.4 is 5.32 Å². The maximum Gasteiger partial charge on any atom is 0.251 e. The molecule has 1 aromatic rings. The Morgan fingerprint density at radius 2 is 2.04 bits per heavy atom. The fraction of sp³-hybridized carbons (Fsp3) is 0.526. The van der Waals surface area contributed by atoms with Gasteiger partial charge in [0.2, 0.25) is 0 Å². The minimum Gasteiger partial charge on any atom is -0.388 e. The van der Waals surface area contributed by atoms with Gasteiger partial charge in [0.15, 0.2) is 6.67 Å². The molecule has 0 heterocycles. The summed E-state index contributed by atoms with van der Waals surface area (Å²) in [5, 5.41) is 22.9. The van der Waals surface area contributed by atoms with E-state index in [1.54, 1.807) is 24.3 Å². The lowest BCUT2D eigenvalue weighted by Crippen LogP contribution is -2.28. The van der Waals surface area contributed by atoms with E-state index in [1.807, 2.05) is 0 Å². The summed E-state index contributed by atoms with van der Waals surface area (Å²) in [6.07, 6.45) is 6.52. The number of nitrogens with one attached hydrogen (secondary N) is 1. The summed E-state index contributed by atoms with van der Waals surface area (Å²) in [5.41, 5.74) is -0.480. The standard InChI is InChI=1S/C19H25F2NO3/c20-13-17(24)22-12-8-16(23)15-6-4-5-14(18(15)21)7-11-19(25)9-2-1-3-10-19/h4-7,11,16,23,25H,1-3,8-10,12-13H2,(H,22,24). The molecule has 25 heavy (non-hydrogen) atoms. The van der Waals surface area contributed by atoms with Crippen LogP contribution >= 0.6 is 0 Å². The summed E-state index contributed by atoms with van der Waals surface area (Å²) < 4.78 is 26.7. The first-order chi connectivity index (χ1) is 11.9. The number of halogens is 2. The SMILES string of the molecule is O=C(CF)NCCC(O)c1cccc(C=CC2(O)CCCCC2)c1F. The van der Waals surface area contributed by atoms with Crippen molar-refractivity contribution in [3.63, 3.8) is 0 Å². The smallest absolute Gasteiger partial charge is 0.251 e. The Balaban J connectivity index is 2.04. The third-order valence-corrected chi connectivity index (χ3v) is 4.57. The highest BCUT2D eigenvalue weighted by atomic mass is 19.1. The Morgan fingerprint density at radius 1 is 1.32 bits per heavy atom. The molecule has 2 rings (SSSR count). The molecule has 0 spiro atoms. The van der Waals surface area contributed by atoms with Crippen molar-refractivity contribution in [1.29, 1.82) is 0 Å². The zero-order chi connectivity index (χ0) is 18.3. The van der Waals surface area contributed by atoms with E-state index < -0.39 is 30.1 Å². The van der Waals surface area contributed by atoms with E-state index in [2.05, 4.69) is 5.32 Å². The molecule has 3 N–H and O–H groups in total. The van der Waals surface area contributed by atoms with Crippen molar-refractivity contribution in [2.45, 2.75) is 50.2 Å². The van der Waals surface area contributed by atoms with Gasteiger partial charge >= 0.3 is 0 Å². The Kier molecular flexibility index (Phi) is 7.08. The summed E-state index contributed by atoms with van der Waals surface area (Å²) in [5.74, 6) is -1.31. The fourth-order valence-corrected chi connectivity index (χ4v) is 3.08. The molecule has 1 fully saturated rings. The molecule has 1 saturated carbocycles. The molecule has 1 aromatic carbocycles. The van der Waals surface area contributed by atoms with Crippen molar-refractivity contribution in [3.05, 3.63) is 41.2 Å². The third-order valence-electron chi connectivity index (χ3n) is 4.57. The number of carbonyl (C=O) groups excluding carboxylic acids is 1. The molecule has 0 saturated heterocycles. The second-order valence-electron chi connectivity index (χ2n) is 6.54. The molecular formula is C19H25F2NO3. The molecule has 0 aromatic heterocycles. The van der Waals surface area contributed by atoms with Gasteiger partial charge < -0.3 is 15.5 Å². The lowest BCUT2D eigenvalue weighted by molar-refractivity contribution is -0.122. The number of alkyl halides is 1. The molecule has 0 radical (unpaired) electrons. The first-order valence-corrected chi connectivity index (χ1v) is 8.66. The van der Waals surface area contributed by atoms with Gasteiger partial charge in [0, 0.05) is 17.7 Å². The molecule has 4 nitrogen and oxygen atoms in total. The van der Waals surface area contributed by atoms with E-state index in [1.165, 1.54) is 6.07 Å². The maximum atomic E-state index is 14.6. The summed E-state index contributed by atoms with van der Waals surface area (Å²) in [4.78, 5) is 10.8. The van der Waals surface area contributed by atoms with Crippen molar-refractivity contribution in [1.82, 2.24) is 5.32 Å². The normalized spacial score (nSPS) is 18.2. The Hall–Kier alpha value is -1.79. The van der Waals surface area contributed by atoms with Crippen LogP contribution in [-0.2, 0) is 4.79 Å². The highest BCUT2D eigenvalue weighted by molar-refractivity contribution is 5.76. The lowest BCUT2D eigenvalue weighted by Gasteiger charge is -2.28. The molecule has 1 aliphatic rings. The van der Waals surface area contributed by atoms with Gasteiger partial charge in [-0.3, -0.25) is 4.79 Å². The van der Waals surface area contributed by atoms with Crippen LogP contribution in [0, 0.1) is 5.82 Å². The van der Waals surface area contributed by atoms with E-state index in [0.717, 1.165) is 19.3 Å². The topological polar surface area (TPSA) is 69.6 Å². The molecule has 138 valence electrons. The predicted octanol–water partition coefficient (Wildman–Crippen LogP) is 3.04. The molecule has 6 heteroatoms. The van der Waals surface area contributed by atoms with Crippen LogP contribution in [0.25, 0.3) is 6.08 Å². The Morgan fingerprint density at radius 3 is 2.72 bits per heavy atom. The minimum absolute atomic E-state index is 0.0587. The number of benzene rings is 1. The molecule has 1 unspecified atom stereocenters.